The van der Waals surface area contributed by atoms with Gasteiger partial charge in [0.15, 0.2) is 0 Å². The number of fused-ring (bicyclic) bond motifs is 2. The Morgan fingerprint density at radius 3 is 2.06 bits per heavy atom. The molecule has 0 aromatic heterocycles. The Morgan fingerprint density at radius 1 is 1.00 bits per heavy atom. The van der Waals surface area contributed by atoms with Gasteiger partial charge >= 0.3 is 107 Å². The summed E-state index contributed by atoms with van der Waals surface area (Å²) in [5.74, 6) is 0. The van der Waals surface area contributed by atoms with Crippen LogP contribution in [-0.2, 0) is 18.1 Å². The molecule has 3 rings (SSSR count). The molecule has 2 atom stereocenters. The molecule has 5 heteroatoms. The van der Waals surface area contributed by atoms with E-state index in [0.29, 0.717) is 0 Å². The molecule has 100 valence electrons. The average Bonchev–Trinajstić information content (AvgIpc) is 2.80. The topological polar surface area (TPSA) is 36.9 Å². The average molecular weight is 270 g/mol. The van der Waals surface area contributed by atoms with Crippen LogP contribution in [-0.4, -0.2) is 26.4 Å². The first-order chi connectivity index (χ1) is 8.70. The first kappa shape index (κ1) is 12.5. The molecular formula is C13H19O4P. The minimum absolute atomic E-state index is 0.182. The van der Waals surface area contributed by atoms with Gasteiger partial charge in [-0.3, -0.25) is 0 Å². The Labute approximate surface area is 107 Å². The SMILES string of the molecule is COP1(OC)(c2ccccc2)OC2CCC(C2)O1. The van der Waals surface area contributed by atoms with Gasteiger partial charge in [0.05, 0.1) is 0 Å². The fourth-order valence-electron chi connectivity index (χ4n) is 2.88. The van der Waals surface area contributed by atoms with Crippen molar-refractivity contribution in [1.82, 2.24) is 0 Å². The normalized spacial score (nSPS) is 34.7. The van der Waals surface area contributed by atoms with Gasteiger partial charge in [-0.15, -0.1) is 0 Å². The number of rotatable bonds is 3. The van der Waals surface area contributed by atoms with Crippen molar-refractivity contribution < 1.29 is 18.1 Å². The van der Waals surface area contributed by atoms with Gasteiger partial charge < -0.3 is 0 Å². The van der Waals surface area contributed by atoms with Crippen molar-refractivity contribution in [3.05, 3.63) is 30.3 Å². The third-order valence-electron chi connectivity index (χ3n) is 3.81. The molecule has 2 unspecified atom stereocenters. The summed E-state index contributed by atoms with van der Waals surface area (Å²) in [6.45, 7) is 0. The third-order valence-corrected chi connectivity index (χ3v) is 7.53. The molecule has 2 fully saturated rings. The van der Waals surface area contributed by atoms with Crippen LogP contribution in [0.15, 0.2) is 30.3 Å². The van der Waals surface area contributed by atoms with E-state index in [-0.39, 0.29) is 12.2 Å². The summed E-state index contributed by atoms with van der Waals surface area (Å²) < 4.78 is 23.9. The van der Waals surface area contributed by atoms with E-state index in [1.54, 1.807) is 14.2 Å². The van der Waals surface area contributed by atoms with E-state index >= 15 is 0 Å². The Balaban J connectivity index is 2.11. The third kappa shape index (κ3) is 1.64. The van der Waals surface area contributed by atoms with Crippen LogP contribution in [0.2, 0.25) is 0 Å². The first-order valence-electron chi connectivity index (χ1n) is 6.29. The van der Waals surface area contributed by atoms with Gasteiger partial charge in [0.2, 0.25) is 0 Å². The molecule has 0 radical (unpaired) electrons. The van der Waals surface area contributed by atoms with Gasteiger partial charge in [0, 0.05) is 0 Å². The van der Waals surface area contributed by atoms with Gasteiger partial charge in [-0.05, 0) is 0 Å². The van der Waals surface area contributed by atoms with Crippen LogP contribution in [0.1, 0.15) is 19.3 Å². The molecule has 1 heterocycles. The second-order valence-electron chi connectivity index (χ2n) is 4.78. The van der Waals surface area contributed by atoms with Crippen LogP contribution in [0.25, 0.3) is 0 Å². The Kier molecular flexibility index (Phi) is 2.96. The molecule has 2 aliphatic rings. The molecular weight excluding hydrogens is 251 g/mol. The summed E-state index contributed by atoms with van der Waals surface area (Å²) >= 11 is 0. The molecule has 1 aliphatic heterocycles. The number of benzene rings is 1. The zero-order chi connectivity index (χ0) is 12.7. The van der Waals surface area contributed by atoms with E-state index in [0.717, 1.165) is 24.6 Å². The Morgan fingerprint density at radius 2 is 1.56 bits per heavy atom. The summed E-state index contributed by atoms with van der Waals surface area (Å²) in [7, 11) is -0.386. The molecule has 4 nitrogen and oxygen atoms in total. The monoisotopic (exact) mass is 270 g/mol. The Hall–Kier alpha value is -0.510. The molecule has 1 aromatic carbocycles. The Bertz CT molecular complexity index is 416. The van der Waals surface area contributed by atoms with Crippen LogP contribution in [0.4, 0.5) is 0 Å². The van der Waals surface area contributed by atoms with Gasteiger partial charge in [0.1, 0.15) is 0 Å². The quantitative estimate of drug-likeness (QED) is 0.791. The standard InChI is InChI=1S/C13H19O4P/c1-14-18(15-2,13-6-4-3-5-7-13)16-11-8-9-12(10-11)17-18/h3-7,11-12H,8-10H2,1-2H3. The maximum atomic E-state index is 6.20. The van der Waals surface area contributed by atoms with E-state index in [4.69, 9.17) is 18.1 Å². The van der Waals surface area contributed by atoms with E-state index in [2.05, 4.69) is 0 Å². The molecule has 1 aliphatic carbocycles. The zero-order valence-electron chi connectivity index (χ0n) is 10.7. The van der Waals surface area contributed by atoms with Crippen LogP contribution in [0, 0.1) is 0 Å². The van der Waals surface area contributed by atoms with Crippen molar-refractivity contribution >= 4 is 12.8 Å². The van der Waals surface area contributed by atoms with Crippen LogP contribution in [0.5, 0.6) is 0 Å². The van der Waals surface area contributed by atoms with Crippen molar-refractivity contribution in [2.24, 2.45) is 0 Å². The first-order valence-corrected chi connectivity index (χ1v) is 8.19. The van der Waals surface area contributed by atoms with Crippen molar-refractivity contribution in [1.29, 1.82) is 0 Å². The summed E-state index contributed by atoms with van der Waals surface area (Å²) in [6, 6.07) is 9.77. The molecule has 0 N–H and O–H groups in total. The maximum absolute atomic E-state index is 6.20. The van der Waals surface area contributed by atoms with Crippen molar-refractivity contribution in [2.75, 3.05) is 14.2 Å². The van der Waals surface area contributed by atoms with Crippen LogP contribution >= 0.6 is 7.51 Å². The van der Waals surface area contributed by atoms with Crippen molar-refractivity contribution in [3.63, 3.8) is 0 Å². The molecule has 1 aromatic rings. The predicted octanol–water partition coefficient (Wildman–Crippen LogP) is 2.79. The fourth-order valence-corrected chi connectivity index (χ4v) is 6.16. The van der Waals surface area contributed by atoms with E-state index in [9.17, 15) is 0 Å². The van der Waals surface area contributed by atoms with E-state index in [1.807, 2.05) is 30.3 Å². The molecule has 18 heavy (non-hydrogen) atoms. The van der Waals surface area contributed by atoms with Crippen LogP contribution in [0.3, 0.4) is 0 Å². The number of hydrogen-bond acceptors (Lipinski definition) is 4. The summed E-state index contributed by atoms with van der Waals surface area (Å²) in [5.41, 5.74) is 0. The zero-order valence-corrected chi connectivity index (χ0v) is 11.6. The second-order valence-corrected chi connectivity index (χ2v) is 8.07. The second kappa shape index (κ2) is 4.26. The summed E-state index contributed by atoms with van der Waals surface area (Å²) in [4.78, 5) is 0. The van der Waals surface area contributed by atoms with Gasteiger partial charge in [0.25, 0.3) is 0 Å². The van der Waals surface area contributed by atoms with E-state index in [1.165, 1.54) is 0 Å². The predicted molar refractivity (Wildman–Crippen MR) is 70.6 cm³/mol. The van der Waals surface area contributed by atoms with Gasteiger partial charge in [-0.25, -0.2) is 0 Å². The molecule has 1 saturated carbocycles. The van der Waals surface area contributed by atoms with Crippen LogP contribution < -0.4 is 5.30 Å². The number of hydrogen-bond donors (Lipinski definition) is 0. The fraction of sp³-hybridized carbons (Fsp3) is 0.538. The summed E-state index contributed by atoms with van der Waals surface area (Å²) in [6.07, 6.45) is 3.34. The van der Waals surface area contributed by atoms with Crippen molar-refractivity contribution in [3.8, 4) is 0 Å². The molecule has 0 amide bonds. The van der Waals surface area contributed by atoms with Gasteiger partial charge in [-0.2, -0.15) is 0 Å². The van der Waals surface area contributed by atoms with Gasteiger partial charge in [-0.1, -0.05) is 0 Å². The van der Waals surface area contributed by atoms with Crippen molar-refractivity contribution in [2.45, 2.75) is 31.5 Å². The van der Waals surface area contributed by atoms with E-state index < -0.39 is 7.51 Å². The molecule has 1 saturated heterocycles. The molecule has 2 bridgehead atoms. The molecule has 0 spiro atoms. The minimum atomic E-state index is -3.61. The summed E-state index contributed by atoms with van der Waals surface area (Å²) in [5, 5.41) is 0.866.